The summed E-state index contributed by atoms with van der Waals surface area (Å²) in [5, 5.41) is 8.96. The molecule has 1 N–H and O–H groups in total. The second-order valence-corrected chi connectivity index (χ2v) is 4.39. The fourth-order valence-corrected chi connectivity index (χ4v) is 2.64. The van der Waals surface area contributed by atoms with Crippen molar-refractivity contribution in [2.75, 3.05) is 19.6 Å². The summed E-state index contributed by atoms with van der Waals surface area (Å²) < 4.78 is 0. The quantitative estimate of drug-likeness (QED) is 0.664. The molecule has 3 nitrogen and oxygen atoms in total. The first-order chi connectivity index (χ1) is 6.25. The van der Waals surface area contributed by atoms with Crippen molar-refractivity contribution in [3.05, 3.63) is 0 Å². The molecule has 0 aromatic rings. The van der Waals surface area contributed by atoms with E-state index in [-0.39, 0.29) is 5.92 Å². The summed E-state index contributed by atoms with van der Waals surface area (Å²) in [6, 6.07) is 0. The van der Waals surface area contributed by atoms with Crippen LogP contribution in [0.15, 0.2) is 0 Å². The lowest BCUT2D eigenvalue weighted by atomic mass is 9.87. The van der Waals surface area contributed by atoms with Crippen LogP contribution < -0.4 is 0 Å². The van der Waals surface area contributed by atoms with Crippen molar-refractivity contribution in [1.29, 1.82) is 0 Å². The molecule has 0 spiro atoms. The standard InChI is InChI=1S/C10H17NO2/c12-10(13)9-5-8-3-1-2-4-11(6-8)7-9/h8-9H,1-7H2,(H,12,13). The van der Waals surface area contributed by atoms with Gasteiger partial charge in [-0.3, -0.25) is 4.79 Å². The molecule has 0 amide bonds. The Kier molecular flexibility index (Phi) is 2.54. The molecule has 13 heavy (non-hydrogen) atoms. The van der Waals surface area contributed by atoms with Gasteiger partial charge in [-0.05, 0) is 31.7 Å². The predicted molar refractivity (Wildman–Crippen MR) is 49.5 cm³/mol. The Morgan fingerprint density at radius 3 is 2.92 bits per heavy atom. The third-order valence-corrected chi connectivity index (χ3v) is 3.30. The van der Waals surface area contributed by atoms with Gasteiger partial charge in [-0.1, -0.05) is 6.42 Å². The van der Waals surface area contributed by atoms with Crippen molar-refractivity contribution in [1.82, 2.24) is 4.90 Å². The van der Waals surface area contributed by atoms with E-state index in [4.69, 9.17) is 5.11 Å². The molecule has 0 aromatic carbocycles. The van der Waals surface area contributed by atoms with Crippen LogP contribution in [0.25, 0.3) is 0 Å². The summed E-state index contributed by atoms with van der Waals surface area (Å²) in [6.45, 7) is 3.04. The summed E-state index contributed by atoms with van der Waals surface area (Å²) in [4.78, 5) is 13.2. The number of rotatable bonds is 1. The van der Waals surface area contributed by atoms with Crippen LogP contribution in [-0.4, -0.2) is 35.6 Å². The van der Waals surface area contributed by atoms with Gasteiger partial charge in [-0.25, -0.2) is 0 Å². The smallest absolute Gasteiger partial charge is 0.307 e. The van der Waals surface area contributed by atoms with Gasteiger partial charge in [0.25, 0.3) is 0 Å². The number of carboxylic acids is 1. The minimum Gasteiger partial charge on any atom is -0.481 e. The average molecular weight is 183 g/mol. The van der Waals surface area contributed by atoms with Gasteiger partial charge in [0.1, 0.15) is 0 Å². The van der Waals surface area contributed by atoms with Crippen molar-refractivity contribution in [3.8, 4) is 0 Å². The van der Waals surface area contributed by atoms with Crippen LogP contribution >= 0.6 is 0 Å². The highest BCUT2D eigenvalue weighted by molar-refractivity contribution is 5.70. The lowest BCUT2D eigenvalue weighted by molar-refractivity contribution is -0.144. The largest absolute Gasteiger partial charge is 0.481 e. The predicted octanol–water partition coefficient (Wildman–Crippen LogP) is 1.19. The van der Waals surface area contributed by atoms with Crippen LogP contribution in [0.4, 0.5) is 0 Å². The molecule has 2 saturated heterocycles. The Bertz CT molecular complexity index is 191. The number of hydrogen-bond donors (Lipinski definition) is 1. The topological polar surface area (TPSA) is 40.5 Å². The number of nitrogens with zero attached hydrogens (tertiary/aromatic N) is 1. The second kappa shape index (κ2) is 3.66. The summed E-state index contributed by atoms with van der Waals surface area (Å²) in [5.41, 5.74) is 0. The van der Waals surface area contributed by atoms with Crippen molar-refractivity contribution in [3.63, 3.8) is 0 Å². The normalized spacial score (nSPS) is 39.5. The first kappa shape index (κ1) is 9.00. The van der Waals surface area contributed by atoms with Crippen LogP contribution in [0.3, 0.4) is 0 Å². The molecule has 2 aliphatic rings. The fraction of sp³-hybridized carbons (Fsp3) is 0.900. The summed E-state index contributed by atoms with van der Waals surface area (Å²) >= 11 is 0. The maximum atomic E-state index is 10.9. The number of hydrogen-bond acceptors (Lipinski definition) is 2. The van der Waals surface area contributed by atoms with E-state index in [0.29, 0.717) is 5.92 Å². The maximum Gasteiger partial charge on any atom is 0.307 e. The van der Waals surface area contributed by atoms with Crippen LogP contribution in [0, 0.1) is 11.8 Å². The van der Waals surface area contributed by atoms with Crippen LogP contribution in [-0.2, 0) is 4.79 Å². The Morgan fingerprint density at radius 1 is 1.31 bits per heavy atom. The van der Waals surface area contributed by atoms with Gasteiger partial charge in [-0.2, -0.15) is 0 Å². The highest BCUT2D eigenvalue weighted by Crippen LogP contribution is 2.28. The fourth-order valence-electron chi connectivity index (χ4n) is 2.64. The van der Waals surface area contributed by atoms with Gasteiger partial charge in [-0.15, -0.1) is 0 Å². The highest BCUT2D eigenvalue weighted by Gasteiger charge is 2.32. The monoisotopic (exact) mass is 183 g/mol. The zero-order valence-electron chi connectivity index (χ0n) is 7.91. The third-order valence-electron chi connectivity index (χ3n) is 3.30. The molecule has 2 fully saturated rings. The lowest BCUT2D eigenvalue weighted by Crippen LogP contribution is -2.42. The van der Waals surface area contributed by atoms with Crippen LogP contribution in [0.2, 0.25) is 0 Å². The number of carbonyl (C=O) groups is 1. The van der Waals surface area contributed by atoms with Crippen LogP contribution in [0.5, 0.6) is 0 Å². The van der Waals surface area contributed by atoms with E-state index in [1.165, 1.54) is 19.3 Å². The van der Waals surface area contributed by atoms with Gasteiger partial charge in [0.15, 0.2) is 0 Å². The Hall–Kier alpha value is -0.570. The van der Waals surface area contributed by atoms with E-state index in [1.807, 2.05) is 0 Å². The molecule has 2 rings (SSSR count). The first-order valence-electron chi connectivity index (χ1n) is 5.21. The summed E-state index contributed by atoms with van der Waals surface area (Å²) in [7, 11) is 0. The molecule has 0 aromatic heterocycles. The van der Waals surface area contributed by atoms with Gasteiger partial charge in [0.05, 0.1) is 5.92 Å². The molecule has 2 heterocycles. The Morgan fingerprint density at radius 2 is 2.15 bits per heavy atom. The van der Waals surface area contributed by atoms with Crippen LogP contribution in [0.1, 0.15) is 25.7 Å². The van der Waals surface area contributed by atoms with Crippen molar-refractivity contribution in [2.24, 2.45) is 11.8 Å². The minimum atomic E-state index is -0.600. The Balaban J connectivity index is 2.02. The average Bonchev–Trinajstić information content (AvgIpc) is 2.26. The van der Waals surface area contributed by atoms with Crippen molar-refractivity contribution >= 4 is 5.97 Å². The molecule has 2 bridgehead atoms. The van der Waals surface area contributed by atoms with Crippen molar-refractivity contribution < 1.29 is 9.90 Å². The van der Waals surface area contributed by atoms with E-state index in [2.05, 4.69) is 4.90 Å². The molecular formula is C10H17NO2. The molecule has 0 aliphatic carbocycles. The number of aliphatic carboxylic acids is 1. The minimum absolute atomic E-state index is 0.100. The zero-order valence-corrected chi connectivity index (χ0v) is 7.91. The summed E-state index contributed by atoms with van der Waals surface area (Å²) in [6.07, 6.45) is 4.68. The molecule has 0 saturated carbocycles. The van der Waals surface area contributed by atoms with Gasteiger partial charge >= 0.3 is 5.97 Å². The van der Waals surface area contributed by atoms with E-state index >= 15 is 0 Å². The molecule has 3 unspecified atom stereocenters. The van der Waals surface area contributed by atoms with E-state index in [1.54, 1.807) is 0 Å². The molecule has 2 aliphatic heterocycles. The number of fused-ring (bicyclic) bond motifs is 2. The molecular weight excluding hydrogens is 166 g/mol. The highest BCUT2D eigenvalue weighted by atomic mass is 16.4. The second-order valence-electron chi connectivity index (χ2n) is 4.39. The number of carboxylic acid groups (broad SMARTS) is 1. The first-order valence-corrected chi connectivity index (χ1v) is 5.21. The Labute approximate surface area is 78.7 Å². The number of piperidine rings is 1. The molecule has 0 radical (unpaired) electrons. The van der Waals surface area contributed by atoms with E-state index in [9.17, 15) is 4.79 Å². The molecule has 74 valence electrons. The van der Waals surface area contributed by atoms with Crippen molar-refractivity contribution in [2.45, 2.75) is 25.7 Å². The van der Waals surface area contributed by atoms with E-state index in [0.717, 1.165) is 26.1 Å². The summed E-state index contributed by atoms with van der Waals surface area (Å²) in [5.74, 6) is -0.0502. The van der Waals surface area contributed by atoms with Gasteiger partial charge in [0.2, 0.25) is 0 Å². The SMILES string of the molecule is O=C(O)C1CC2CCCCN(C2)C1. The zero-order chi connectivity index (χ0) is 9.26. The third kappa shape index (κ3) is 2.02. The lowest BCUT2D eigenvalue weighted by Gasteiger charge is -2.33. The molecule has 3 heteroatoms. The maximum absolute atomic E-state index is 10.9. The molecule has 3 atom stereocenters. The van der Waals surface area contributed by atoms with Gasteiger partial charge < -0.3 is 10.0 Å². The van der Waals surface area contributed by atoms with Gasteiger partial charge in [0, 0.05) is 13.1 Å². The van der Waals surface area contributed by atoms with E-state index < -0.39 is 5.97 Å².